The standard InChI is InChI=1S/C19H23FN6/c1-25(13-19-23-9-7-18(22)24-19)14-4-3-10-26(11-8-14)17-6-2-5-16(20)15(17)12-21/h2,5-7,9,14H,3-4,8,10-11,13H2,1H3,(H2,22,23,24)/t14-/m1/s1. The highest BCUT2D eigenvalue weighted by Crippen LogP contribution is 2.26. The topological polar surface area (TPSA) is 82.1 Å². The van der Waals surface area contributed by atoms with E-state index in [1.807, 2.05) is 12.1 Å². The predicted molar refractivity (Wildman–Crippen MR) is 98.9 cm³/mol. The molecule has 0 radical (unpaired) electrons. The van der Waals surface area contributed by atoms with Crippen molar-refractivity contribution in [2.75, 3.05) is 30.8 Å². The van der Waals surface area contributed by atoms with Crippen molar-refractivity contribution in [1.29, 1.82) is 5.26 Å². The summed E-state index contributed by atoms with van der Waals surface area (Å²) in [5.74, 6) is 0.734. The Morgan fingerprint density at radius 2 is 2.19 bits per heavy atom. The van der Waals surface area contributed by atoms with Crippen molar-refractivity contribution in [1.82, 2.24) is 14.9 Å². The van der Waals surface area contributed by atoms with Crippen LogP contribution in [0.2, 0.25) is 0 Å². The molecule has 1 aliphatic rings. The lowest BCUT2D eigenvalue weighted by molar-refractivity contribution is 0.212. The van der Waals surface area contributed by atoms with Gasteiger partial charge in [-0.3, -0.25) is 4.90 Å². The van der Waals surface area contributed by atoms with E-state index in [9.17, 15) is 9.65 Å². The SMILES string of the molecule is CN(Cc1nccc(N)n1)[C@@H]1CCCN(c2cccc(F)c2C#N)CC1. The van der Waals surface area contributed by atoms with Gasteiger partial charge in [-0.1, -0.05) is 6.07 Å². The van der Waals surface area contributed by atoms with Gasteiger partial charge in [0.2, 0.25) is 0 Å². The van der Waals surface area contributed by atoms with Crippen molar-refractivity contribution < 1.29 is 4.39 Å². The van der Waals surface area contributed by atoms with E-state index in [0.717, 1.165) is 32.4 Å². The van der Waals surface area contributed by atoms with Crippen molar-refractivity contribution in [3.8, 4) is 6.07 Å². The van der Waals surface area contributed by atoms with Gasteiger partial charge in [0.1, 0.15) is 29.1 Å². The lowest BCUT2D eigenvalue weighted by atomic mass is 10.1. The van der Waals surface area contributed by atoms with Crippen LogP contribution in [0.15, 0.2) is 30.5 Å². The van der Waals surface area contributed by atoms with Gasteiger partial charge in [-0.05, 0) is 44.5 Å². The van der Waals surface area contributed by atoms with Crippen LogP contribution in [0.1, 0.15) is 30.7 Å². The summed E-state index contributed by atoms with van der Waals surface area (Å²) in [5.41, 5.74) is 6.55. The first-order valence-electron chi connectivity index (χ1n) is 8.79. The third-order valence-electron chi connectivity index (χ3n) is 4.88. The van der Waals surface area contributed by atoms with Crippen molar-refractivity contribution in [3.63, 3.8) is 0 Å². The van der Waals surface area contributed by atoms with Crippen molar-refractivity contribution in [2.24, 2.45) is 0 Å². The van der Waals surface area contributed by atoms with E-state index in [0.29, 0.717) is 29.9 Å². The maximum absolute atomic E-state index is 13.9. The van der Waals surface area contributed by atoms with E-state index in [2.05, 4.69) is 26.8 Å². The van der Waals surface area contributed by atoms with Gasteiger partial charge < -0.3 is 10.6 Å². The van der Waals surface area contributed by atoms with Crippen LogP contribution in [0.3, 0.4) is 0 Å². The molecule has 0 spiro atoms. The Bertz CT molecular complexity index is 803. The Labute approximate surface area is 153 Å². The number of nitrogens with zero attached hydrogens (tertiary/aromatic N) is 5. The van der Waals surface area contributed by atoms with Crippen LogP contribution >= 0.6 is 0 Å². The van der Waals surface area contributed by atoms with Gasteiger partial charge in [0, 0.05) is 25.3 Å². The molecule has 2 aromatic rings. The van der Waals surface area contributed by atoms with E-state index in [1.165, 1.54) is 6.07 Å². The second-order valence-electron chi connectivity index (χ2n) is 6.63. The summed E-state index contributed by atoms with van der Waals surface area (Å²) in [6, 6.07) is 8.88. The zero-order chi connectivity index (χ0) is 18.5. The van der Waals surface area contributed by atoms with Crippen LogP contribution in [0.4, 0.5) is 15.9 Å². The minimum Gasteiger partial charge on any atom is -0.384 e. The van der Waals surface area contributed by atoms with E-state index in [4.69, 9.17) is 5.73 Å². The van der Waals surface area contributed by atoms with E-state index in [-0.39, 0.29) is 5.56 Å². The number of benzene rings is 1. The number of anilines is 2. The van der Waals surface area contributed by atoms with Gasteiger partial charge >= 0.3 is 0 Å². The molecule has 0 bridgehead atoms. The average molecular weight is 354 g/mol. The summed E-state index contributed by atoms with van der Waals surface area (Å²) in [7, 11) is 2.07. The fraction of sp³-hybridized carbons (Fsp3) is 0.421. The van der Waals surface area contributed by atoms with Gasteiger partial charge in [-0.15, -0.1) is 0 Å². The van der Waals surface area contributed by atoms with E-state index in [1.54, 1.807) is 18.3 Å². The van der Waals surface area contributed by atoms with Crippen molar-refractivity contribution >= 4 is 11.5 Å². The first-order valence-corrected chi connectivity index (χ1v) is 8.79. The fourth-order valence-electron chi connectivity index (χ4n) is 3.49. The second-order valence-corrected chi connectivity index (χ2v) is 6.63. The number of aromatic nitrogens is 2. The molecule has 0 saturated carbocycles. The highest BCUT2D eigenvalue weighted by atomic mass is 19.1. The smallest absolute Gasteiger partial charge is 0.144 e. The Balaban J connectivity index is 1.67. The first-order chi connectivity index (χ1) is 12.6. The van der Waals surface area contributed by atoms with Crippen molar-refractivity contribution in [3.05, 3.63) is 47.7 Å². The van der Waals surface area contributed by atoms with Crippen LogP contribution < -0.4 is 10.6 Å². The molecule has 0 aliphatic carbocycles. The van der Waals surface area contributed by atoms with Gasteiger partial charge in [0.15, 0.2) is 0 Å². The van der Waals surface area contributed by atoms with Crippen LogP contribution in [0.5, 0.6) is 0 Å². The summed E-state index contributed by atoms with van der Waals surface area (Å²) in [6.07, 6.45) is 4.62. The summed E-state index contributed by atoms with van der Waals surface area (Å²) in [4.78, 5) is 12.9. The quantitative estimate of drug-likeness (QED) is 0.909. The molecule has 0 unspecified atom stereocenters. The zero-order valence-corrected chi connectivity index (χ0v) is 14.9. The molecule has 1 saturated heterocycles. The molecular formula is C19H23FN6. The second kappa shape index (κ2) is 8.11. The number of halogens is 1. The van der Waals surface area contributed by atoms with E-state index < -0.39 is 5.82 Å². The minimum atomic E-state index is -0.457. The normalized spacial score (nSPS) is 17.8. The molecule has 1 aliphatic heterocycles. The molecule has 1 fully saturated rings. The Hall–Kier alpha value is -2.72. The summed E-state index contributed by atoms with van der Waals surface area (Å²) >= 11 is 0. The highest BCUT2D eigenvalue weighted by Gasteiger charge is 2.23. The number of nitrogen functional groups attached to an aromatic ring is 1. The van der Waals surface area contributed by atoms with Gasteiger partial charge in [-0.2, -0.15) is 5.26 Å². The van der Waals surface area contributed by atoms with Gasteiger partial charge in [-0.25, -0.2) is 14.4 Å². The first kappa shape index (κ1) is 18.1. The molecule has 7 heteroatoms. The Morgan fingerprint density at radius 1 is 1.35 bits per heavy atom. The summed E-state index contributed by atoms with van der Waals surface area (Å²) < 4.78 is 13.9. The molecule has 2 heterocycles. The Morgan fingerprint density at radius 3 is 2.96 bits per heavy atom. The number of rotatable bonds is 4. The molecule has 1 atom stereocenters. The molecule has 0 amide bonds. The maximum atomic E-state index is 13.9. The predicted octanol–water partition coefficient (Wildman–Crippen LogP) is 2.56. The number of nitriles is 1. The van der Waals surface area contributed by atoms with Crippen LogP contribution in [0.25, 0.3) is 0 Å². The van der Waals surface area contributed by atoms with Crippen molar-refractivity contribution in [2.45, 2.75) is 31.8 Å². The number of hydrogen-bond donors (Lipinski definition) is 1. The lowest BCUT2D eigenvalue weighted by Crippen LogP contribution is -2.33. The lowest BCUT2D eigenvalue weighted by Gasteiger charge is -2.27. The summed E-state index contributed by atoms with van der Waals surface area (Å²) in [5, 5.41) is 9.28. The molecule has 3 rings (SSSR count). The highest BCUT2D eigenvalue weighted by molar-refractivity contribution is 5.59. The fourth-order valence-corrected chi connectivity index (χ4v) is 3.49. The molecule has 1 aromatic heterocycles. The van der Waals surface area contributed by atoms with Gasteiger partial charge in [0.05, 0.1) is 12.2 Å². The molecule has 1 aromatic carbocycles. The van der Waals surface area contributed by atoms with Crippen LogP contribution in [-0.2, 0) is 6.54 Å². The minimum absolute atomic E-state index is 0.132. The van der Waals surface area contributed by atoms with Crippen LogP contribution in [0, 0.1) is 17.1 Å². The largest absolute Gasteiger partial charge is 0.384 e. The molecular weight excluding hydrogens is 331 g/mol. The monoisotopic (exact) mass is 354 g/mol. The zero-order valence-electron chi connectivity index (χ0n) is 14.9. The molecule has 26 heavy (non-hydrogen) atoms. The molecule has 6 nitrogen and oxygen atoms in total. The van der Waals surface area contributed by atoms with Crippen LogP contribution in [-0.4, -0.2) is 41.0 Å². The average Bonchev–Trinajstić information content (AvgIpc) is 2.87. The summed E-state index contributed by atoms with van der Waals surface area (Å²) in [6.45, 7) is 2.24. The third kappa shape index (κ3) is 4.09. The molecule has 2 N–H and O–H groups in total. The van der Waals surface area contributed by atoms with Gasteiger partial charge in [0.25, 0.3) is 0 Å². The Kier molecular flexibility index (Phi) is 5.64. The number of hydrogen-bond acceptors (Lipinski definition) is 6. The third-order valence-corrected chi connectivity index (χ3v) is 4.88. The maximum Gasteiger partial charge on any atom is 0.144 e. The number of nitrogens with two attached hydrogens (primary N) is 1. The molecule has 136 valence electrons. The van der Waals surface area contributed by atoms with E-state index >= 15 is 0 Å².